The molecule has 0 bridgehead atoms. The van der Waals surface area contributed by atoms with E-state index in [1.54, 1.807) is 48.5 Å². The second-order valence-electron chi connectivity index (χ2n) is 17.5. The summed E-state index contributed by atoms with van der Waals surface area (Å²) in [7, 11) is -0.105. The molecule has 0 spiro atoms. The smallest absolute Gasteiger partial charge is 0.407 e. The van der Waals surface area contributed by atoms with Crippen molar-refractivity contribution in [3.05, 3.63) is 102 Å². The molecule has 338 valence electrons. The van der Waals surface area contributed by atoms with E-state index in [4.69, 9.17) is 28.3 Å². The number of carbonyl (C=O) groups is 4. The largest absolute Gasteiger partial charge is 0.488 e. The highest BCUT2D eigenvalue weighted by Gasteiger charge is 2.43. The van der Waals surface area contributed by atoms with Crippen molar-refractivity contribution >= 4 is 45.8 Å². The molecule has 4 amide bonds. The van der Waals surface area contributed by atoms with Crippen LogP contribution in [0.4, 0.5) is 9.59 Å². The zero-order valence-electron chi connectivity index (χ0n) is 39.8. The van der Waals surface area contributed by atoms with Crippen LogP contribution in [0, 0.1) is 11.8 Å². The van der Waals surface area contributed by atoms with Gasteiger partial charge in [-0.05, 0) is 84.0 Å². The number of amides is 4. The van der Waals surface area contributed by atoms with E-state index in [0.717, 1.165) is 68.3 Å². The first kappa shape index (κ1) is 39.6. The molecular weight excluding hydrogens is 830 g/mol. The molecule has 4 aromatic carbocycles. The summed E-state index contributed by atoms with van der Waals surface area (Å²) < 4.78 is 43.5. The third-order valence-electron chi connectivity index (χ3n) is 13.0. The van der Waals surface area contributed by atoms with Gasteiger partial charge in [0.2, 0.25) is 5.91 Å². The molecular formula is C49H54N8O8. The van der Waals surface area contributed by atoms with Crippen molar-refractivity contribution in [1.29, 1.82) is 0 Å². The lowest BCUT2D eigenvalue weighted by atomic mass is 9.92. The van der Waals surface area contributed by atoms with Crippen molar-refractivity contribution in [2.24, 2.45) is 11.8 Å². The Morgan fingerprint density at radius 2 is 1.72 bits per heavy atom. The summed E-state index contributed by atoms with van der Waals surface area (Å²) in [5.41, 5.74) is 6.64. The highest BCUT2D eigenvalue weighted by molar-refractivity contribution is 6.07. The van der Waals surface area contributed by atoms with E-state index < -0.39 is 43.3 Å². The van der Waals surface area contributed by atoms with Gasteiger partial charge in [-0.2, -0.15) is 0 Å². The van der Waals surface area contributed by atoms with Crippen LogP contribution in [-0.2, 0) is 30.4 Å². The van der Waals surface area contributed by atoms with Crippen LogP contribution >= 0.6 is 0 Å². The van der Waals surface area contributed by atoms with Crippen molar-refractivity contribution in [3.8, 4) is 28.1 Å². The van der Waals surface area contributed by atoms with E-state index in [1.165, 1.54) is 7.11 Å². The molecule has 65 heavy (non-hydrogen) atoms. The van der Waals surface area contributed by atoms with E-state index >= 15 is 0 Å². The van der Waals surface area contributed by atoms with E-state index in [0.29, 0.717) is 43.4 Å². The molecule has 6 aromatic rings. The molecule has 5 heterocycles. The number of methoxy groups -OCH3 is 3. The number of nitrogens with zero attached hydrogens (tertiary/aromatic N) is 4. The Balaban J connectivity index is 0.969. The van der Waals surface area contributed by atoms with E-state index in [2.05, 4.69) is 49.6 Å². The molecule has 0 aliphatic carbocycles. The predicted molar refractivity (Wildman–Crippen MR) is 243 cm³/mol. The molecule has 9 rings (SSSR count). The minimum Gasteiger partial charge on any atom is -0.488 e. The van der Waals surface area contributed by atoms with Crippen LogP contribution in [0.1, 0.15) is 85.0 Å². The molecule has 16 nitrogen and oxygen atoms in total. The summed E-state index contributed by atoms with van der Waals surface area (Å²) in [6.45, 7) is 6.85. The SMILES string of the molecule is [2H][13C]([2H])([2H])OC(=O)N[C@@H](C(=O)N1C[C@@H](COC)C[C@H]1c1ncc(-c2ccc3c(c2)COc2cc4c(ccc5[nH]c([C@@H]6CC[C@H](C)N6C(=O)[C@@H](NC(=O)OC)C(C)C)nc54)cc2-3)[nH]1)c1ccccc1. The number of alkyl carbamates (subject to hydrolysis) is 2. The van der Waals surface area contributed by atoms with E-state index in [-0.39, 0.29) is 29.8 Å². The number of carbonyl (C=O) groups excluding carboxylic acids is 4. The summed E-state index contributed by atoms with van der Waals surface area (Å²) >= 11 is 0. The highest BCUT2D eigenvalue weighted by atomic mass is 16.6. The van der Waals surface area contributed by atoms with Crippen molar-refractivity contribution in [2.75, 3.05) is 34.4 Å². The second-order valence-corrected chi connectivity index (χ2v) is 17.5. The molecule has 2 saturated heterocycles. The summed E-state index contributed by atoms with van der Waals surface area (Å²) in [5.74, 6) is 1.17. The number of aromatic nitrogens is 4. The zero-order chi connectivity index (χ0) is 48.0. The average Bonchev–Trinajstić information content (AvgIpc) is 4.14. The number of likely N-dealkylation sites (tertiary alicyclic amines) is 2. The van der Waals surface area contributed by atoms with Gasteiger partial charge in [-0.1, -0.05) is 62.4 Å². The lowest BCUT2D eigenvalue weighted by Gasteiger charge is -2.32. The van der Waals surface area contributed by atoms with E-state index in [9.17, 15) is 19.2 Å². The van der Waals surface area contributed by atoms with Crippen LogP contribution in [0.2, 0.25) is 0 Å². The third kappa shape index (κ3) is 8.22. The van der Waals surface area contributed by atoms with Crippen LogP contribution < -0.4 is 15.4 Å². The maximum atomic E-state index is 14.4. The molecule has 2 aromatic heterocycles. The van der Waals surface area contributed by atoms with Crippen LogP contribution in [-0.4, -0.2) is 100 Å². The minimum atomic E-state index is -2.99. The Morgan fingerprint density at radius 3 is 2.49 bits per heavy atom. The van der Waals surface area contributed by atoms with Crippen molar-refractivity contribution < 1.29 is 42.2 Å². The Bertz CT molecular complexity index is 2890. The van der Waals surface area contributed by atoms with Gasteiger partial charge in [0, 0.05) is 36.6 Å². The van der Waals surface area contributed by atoms with Crippen molar-refractivity contribution in [2.45, 2.75) is 76.8 Å². The van der Waals surface area contributed by atoms with Gasteiger partial charge in [-0.3, -0.25) is 9.59 Å². The van der Waals surface area contributed by atoms with Gasteiger partial charge in [0.1, 0.15) is 36.1 Å². The Kier molecular flexibility index (Phi) is 10.9. The number of nitrogens with one attached hydrogen (secondary N) is 4. The number of rotatable bonds is 11. The van der Waals surface area contributed by atoms with Crippen LogP contribution in [0.5, 0.6) is 5.75 Å². The molecule has 2 fully saturated rings. The molecule has 16 heteroatoms. The lowest BCUT2D eigenvalue weighted by molar-refractivity contribution is -0.137. The molecule has 0 saturated carbocycles. The zero-order valence-corrected chi connectivity index (χ0v) is 36.8. The van der Waals surface area contributed by atoms with Crippen LogP contribution in [0.25, 0.3) is 44.2 Å². The first-order valence-electron chi connectivity index (χ1n) is 23.4. The number of hydrogen-bond donors (Lipinski definition) is 4. The van der Waals surface area contributed by atoms with Gasteiger partial charge in [0.25, 0.3) is 5.91 Å². The molecule has 3 aliphatic heterocycles. The van der Waals surface area contributed by atoms with Gasteiger partial charge in [-0.15, -0.1) is 0 Å². The maximum Gasteiger partial charge on any atom is 0.407 e. The first-order chi connectivity index (χ1) is 32.6. The van der Waals surface area contributed by atoms with Crippen molar-refractivity contribution in [3.63, 3.8) is 0 Å². The van der Waals surface area contributed by atoms with Gasteiger partial charge in [0.05, 0.1) is 59.9 Å². The Hall–Kier alpha value is -6.94. The fourth-order valence-electron chi connectivity index (χ4n) is 9.80. The third-order valence-corrected chi connectivity index (χ3v) is 13.0. The molecule has 0 unspecified atom stereocenters. The number of fused-ring (bicyclic) bond motifs is 6. The molecule has 6 atom stereocenters. The van der Waals surface area contributed by atoms with Crippen molar-refractivity contribution in [1.82, 2.24) is 40.4 Å². The number of imidazole rings is 2. The number of benzene rings is 4. The summed E-state index contributed by atoms with van der Waals surface area (Å²) in [5, 5.41) is 7.11. The molecule has 3 aliphatic rings. The highest BCUT2D eigenvalue weighted by Crippen LogP contribution is 2.44. The van der Waals surface area contributed by atoms with Gasteiger partial charge >= 0.3 is 12.2 Å². The summed E-state index contributed by atoms with van der Waals surface area (Å²) in [6, 6.07) is 20.2. The lowest BCUT2D eigenvalue weighted by Crippen LogP contribution is -2.52. The monoisotopic (exact) mass is 886 g/mol. The number of H-pyrrole nitrogens is 2. The standard InChI is InChI=1S/C49H54N8O8/c1-26(2)41(54-48(60)63-5)47(59)57-27(3)12-17-38(57)45-51-36-16-14-30-20-35-33-15-13-31(19-32(33)25-65-40(35)21-34(30)43(36)53-45)37-22-50-44(52-37)39-18-28(24-62-4)23-56(39)46(58)42(55-49(61)64-6)29-10-8-7-9-11-29/h7-11,13-16,19-22,26-28,38-39,41-42H,12,17-18,23-25H2,1-6H3,(H,50,52)(H,51,53)(H,54,60)(H,55,61)/t27-,28-,38-,39-,41-,42+/m0/s1/i6+1D3. The fourth-order valence-corrected chi connectivity index (χ4v) is 9.80. The molecule has 4 N–H and O–H groups in total. The average molecular weight is 887 g/mol. The Morgan fingerprint density at radius 1 is 0.908 bits per heavy atom. The maximum absolute atomic E-state index is 14.4. The summed E-state index contributed by atoms with van der Waals surface area (Å²) in [4.78, 5) is 73.7. The topological polar surface area (TPSA) is 193 Å². The number of aromatic amines is 2. The normalized spacial score (nSPS) is 20.9. The fraction of sp³-hybridized carbons (Fsp3) is 0.388. The predicted octanol–water partition coefficient (Wildman–Crippen LogP) is 7.73. The minimum absolute atomic E-state index is 0.0329. The first-order valence-corrected chi connectivity index (χ1v) is 21.9. The van der Waals surface area contributed by atoms with Crippen LogP contribution in [0.3, 0.4) is 0 Å². The molecule has 0 radical (unpaired) electrons. The summed E-state index contributed by atoms with van der Waals surface area (Å²) in [6.07, 6.45) is 1.91. The van der Waals surface area contributed by atoms with Crippen LogP contribution in [0.15, 0.2) is 79.0 Å². The Labute approximate surface area is 380 Å². The number of hydrogen-bond acceptors (Lipinski definition) is 10. The van der Waals surface area contributed by atoms with E-state index in [1.807, 2.05) is 43.9 Å². The van der Waals surface area contributed by atoms with Gasteiger partial charge < -0.3 is 49.3 Å². The second kappa shape index (κ2) is 17.9. The quantitative estimate of drug-likeness (QED) is 0.0936. The number of ether oxygens (including phenoxy) is 4. The van der Waals surface area contributed by atoms with Gasteiger partial charge in [0.15, 0.2) is 0 Å². The van der Waals surface area contributed by atoms with Gasteiger partial charge in [-0.25, -0.2) is 19.6 Å².